The summed E-state index contributed by atoms with van der Waals surface area (Å²) >= 11 is 1.44. The molecule has 3 aliphatic heterocycles. The number of carbonyl (C=O) groups is 1. The number of piperidine rings is 1. The maximum atomic E-state index is 15.1. The molecule has 6 nitrogen and oxygen atoms in total. The highest BCUT2D eigenvalue weighted by atomic mass is 32.2. The molecule has 1 N–H and O–H groups in total. The van der Waals surface area contributed by atoms with Gasteiger partial charge >= 0.3 is 0 Å². The molecule has 1 fully saturated rings. The van der Waals surface area contributed by atoms with E-state index in [0.717, 1.165) is 22.9 Å². The van der Waals surface area contributed by atoms with Crippen LogP contribution < -0.4 is 10.4 Å². The van der Waals surface area contributed by atoms with Gasteiger partial charge in [-0.05, 0) is 42.0 Å². The van der Waals surface area contributed by atoms with Crippen molar-refractivity contribution in [2.45, 2.75) is 42.6 Å². The zero-order valence-corrected chi connectivity index (χ0v) is 19.8. The number of thioether (sulfide) groups is 1. The van der Waals surface area contributed by atoms with Gasteiger partial charge in [0.25, 0.3) is 5.91 Å². The molecule has 180 valence electrons. The average molecular weight is 496 g/mol. The molecule has 1 saturated heterocycles. The summed E-state index contributed by atoms with van der Waals surface area (Å²) in [5, 5.41) is 12.6. The second-order valence-corrected chi connectivity index (χ2v) is 10.4. The second-order valence-electron chi connectivity index (χ2n) is 9.37. The lowest BCUT2D eigenvalue weighted by Gasteiger charge is -2.52. The van der Waals surface area contributed by atoms with Crippen LogP contribution in [0.1, 0.15) is 53.0 Å². The Morgan fingerprint density at radius 3 is 2.69 bits per heavy atom. The molecule has 0 spiro atoms. The van der Waals surface area contributed by atoms with E-state index in [1.54, 1.807) is 15.6 Å². The van der Waals surface area contributed by atoms with Gasteiger partial charge in [0.15, 0.2) is 23.1 Å². The summed E-state index contributed by atoms with van der Waals surface area (Å²) in [6, 6.07) is 11.1. The van der Waals surface area contributed by atoms with E-state index in [9.17, 15) is 19.1 Å². The van der Waals surface area contributed by atoms with Gasteiger partial charge in [-0.3, -0.25) is 19.3 Å². The highest BCUT2D eigenvalue weighted by Crippen LogP contribution is 2.46. The molecule has 0 radical (unpaired) electrons. The Kier molecular flexibility index (Phi) is 5.14. The van der Waals surface area contributed by atoms with Crippen LogP contribution in [0.5, 0.6) is 5.75 Å². The van der Waals surface area contributed by atoms with Gasteiger partial charge in [-0.1, -0.05) is 31.2 Å². The molecule has 0 aliphatic carbocycles. The summed E-state index contributed by atoms with van der Waals surface area (Å²) in [7, 11) is 0. The molecule has 0 bridgehead atoms. The van der Waals surface area contributed by atoms with Crippen molar-refractivity contribution in [2.24, 2.45) is 5.92 Å². The first kappa shape index (κ1) is 22.2. The lowest BCUT2D eigenvalue weighted by atomic mass is 9.90. The molecule has 35 heavy (non-hydrogen) atoms. The molecule has 3 aliphatic rings. The van der Waals surface area contributed by atoms with Crippen LogP contribution in [-0.2, 0) is 5.75 Å². The molecule has 2 aromatic carbocycles. The fraction of sp³-hybridized carbons (Fsp3) is 0.308. The number of nitrogens with zero attached hydrogens (tertiary/aromatic N) is 3. The Morgan fingerprint density at radius 2 is 1.86 bits per heavy atom. The maximum Gasteiger partial charge on any atom is 0.278 e. The number of pyridine rings is 1. The van der Waals surface area contributed by atoms with Crippen LogP contribution in [0.25, 0.3) is 0 Å². The van der Waals surface area contributed by atoms with Crippen molar-refractivity contribution in [3.8, 4) is 5.75 Å². The summed E-state index contributed by atoms with van der Waals surface area (Å²) in [5.41, 5.74) is 1.01. The van der Waals surface area contributed by atoms with Crippen LogP contribution in [0.15, 0.2) is 58.4 Å². The number of hydrogen-bond donors (Lipinski definition) is 1. The van der Waals surface area contributed by atoms with Gasteiger partial charge in [-0.25, -0.2) is 8.78 Å². The van der Waals surface area contributed by atoms with E-state index in [-0.39, 0.29) is 17.0 Å². The number of halogens is 2. The highest BCUT2D eigenvalue weighted by Gasteiger charge is 2.46. The van der Waals surface area contributed by atoms with Crippen LogP contribution in [-0.4, -0.2) is 33.3 Å². The number of aromatic nitrogens is 1. The van der Waals surface area contributed by atoms with Crippen molar-refractivity contribution in [1.82, 2.24) is 9.58 Å². The number of benzene rings is 2. The summed E-state index contributed by atoms with van der Waals surface area (Å²) in [6.07, 6.45) is 2.54. The van der Waals surface area contributed by atoms with Crippen molar-refractivity contribution >= 4 is 17.7 Å². The van der Waals surface area contributed by atoms with Gasteiger partial charge in [-0.2, -0.15) is 0 Å². The SMILES string of the molecule is C[C@@H]1CCN2C(=O)c3c(O)c(=O)ccn3N([C@@H]3c4ccccc4SCc4c3ccc(F)c4F)C2C1. The van der Waals surface area contributed by atoms with E-state index >= 15 is 4.39 Å². The number of rotatable bonds is 1. The van der Waals surface area contributed by atoms with E-state index in [2.05, 4.69) is 6.92 Å². The number of aromatic hydroxyl groups is 1. The molecule has 3 aromatic rings. The zero-order chi connectivity index (χ0) is 24.4. The Labute approximate surface area is 204 Å². The second kappa shape index (κ2) is 8.12. The molecular weight excluding hydrogens is 472 g/mol. The van der Waals surface area contributed by atoms with Gasteiger partial charge in [0.1, 0.15) is 6.17 Å². The van der Waals surface area contributed by atoms with Crippen molar-refractivity contribution < 1.29 is 18.7 Å². The van der Waals surface area contributed by atoms with Gasteiger partial charge in [0.2, 0.25) is 5.43 Å². The normalized spacial score (nSPS) is 23.2. The summed E-state index contributed by atoms with van der Waals surface area (Å²) in [6.45, 7) is 2.59. The van der Waals surface area contributed by atoms with Gasteiger partial charge in [0.05, 0.1) is 6.04 Å². The fourth-order valence-corrected chi connectivity index (χ4v) is 6.65. The summed E-state index contributed by atoms with van der Waals surface area (Å²) < 4.78 is 31.0. The predicted octanol–water partition coefficient (Wildman–Crippen LogP) is 4.38. The molecule has 9 heteroatoms. The van der Waals surface area contributed by atoms with Crippen LogP contribution in [0.4, 0.5) is 8.78 Å². The zero-order valence-electron chi connectivity index (χ0n) is 18.9. The van der Waals surface area contributed by atoms with E-state index in [0.29, 0.717) is 24.4 Å². The number of fused-ring (bicyclic) bond motifs is 4. The molecule has 4 heterocycles. The Hall–Kier alpha value is -3.33. The maximum absolute atomic E-state index is 15.1. The summed E-state index contributed by atoms with van der Waals surface area (Å²) in [4.78, 5) is 28.4. The molecular formula is C26H23F2N3O3S. The number of carbonyl (C=O) groups excluding carboxylic acids is 1. The Morgan fingerprint density at radius 1 is 1.06 bits per heavy atom. The monoisotopic (exact) mass is 495 g/mol. The lowest BCUT2D eigenvalue weighted by Crippen LogP contribution is -2.64. The number of hydrogen-bond acceptors (Lipinski definition) is 5. The van der Waals surface area contributed by atoms with Crippen molar-refractivity contribution in [2.75, 3.05) is 11.6 Å². The lowest BCUT2D eigenvalue weighted by molar-refractivity contribution is 0.0393. The Bertz CT molecular complexity index is 1430. The van der Waals surface area contributed by atoms with Gasteiger partial charge in [-0.15, -0.1) is 11.8 Å². The van der Waals surface area contributed by atoms with Crippen molar-refractivity contribution in [3.05, 3.63) is 92.9 Å². The largest absolute Gasteiger partial charge is 0.502 e. The first-order valence-electron chi connectivity index (χ1n) is 11.6. The molecule has 3 atom stereocenters. The molecule has 6 rings (SSSR count). The van der Waals surface area contributed by atoms with E-state index in [4.69, 9.17) is 0 Å². The van der Waals surface area contributed by atoms with E-state index in [1.807, 2.05) is 29.3 Å². The van der Waals surface area contributed by atoms with Crippen molar-refractivity contribution in [1.29, 1.82) is 0 Å². The highest BCUT2D eigenvalue weighted by molar-refractivity contribution is 7.98. The third kappa shape index (κ3) is 3.28. The minimum atomic E-state index is -0.905. The van der Waals surface area contributed by atoms with Crippen LogP contribution in [0, 0.1) is 17.6 Å². The first-order valence-corrected chi connectivity index (χ1v) is 12.6. The predicted molar refractivity (Wildman–Crippen MR) is 128 cm³/mol. The smallest absolute Gasteiger partial charge is 0.278 e. The first-order chi connectivity index (χ1) is 16.9. The molecule has 1 amide bonds. The van der Waals surface area contributed by atoms with Crippen molar-refractivity contribution in [3.63, 3.8) is 0 Å². The van der Waals surface area contributed by atoms with Gasteiger partial charge < -0.3 is 10.0 Å². The topological polar surface area (TPSA) is 65.8 Å². The standard InChI is InChI=1S/C26H23F2N3O3S/c1-14-8-10-29-21(12-14)31(30-11-9-19(32)25(33)24(30)26(29)34)23-15-6-7-18(27)22(28)17(15)13-35-20-5-3-2-4-16(20)23/h2-7,9,11,14,21,23,33H,8,10,12-13H2,1H3/t14-,21?,23+/m1/s1. The minimum Gasteiger partial charge on any atom is -0.502 e. The summed E-state index contributed by atoms with van der Waals surface area (Å²) in [5.74, 6) is -2.22. The fourth-order valence-electron chi connectivity index (χ4n) is 5.54. The average Bonchev–Trinajstić information content (AvgIpc) is 3.01. The minimum absolute atomic E-state index is 0.109. The number of amides is 1. The third-order valence-electron chi connectivity index (χ3n) is 7.28. The van der Waals surface area contributed by atoms with Crippen LogP contribution in [0.3, 0.4) is 0 Å². The third-order valence-corrected chi connectivity index (χ3v) is 8.40. The van der Waals surface area contributed by atoms with Crippen LogP contribution >= 0.6 is 11.8 Å². The Balaban J connectivity index is 1.67. The van der Waals surface area contributed by atoms with Gasteiger partial charge in [0, 0.05) is 35.0 Å². The van der Waals surface area contributed by atoms with E-state index in [1.165, 1.54) is 24.0 Å². The molecule has 1 aromatic heterocycles. The van der Waals surface area contributed by atoms with Crippen LogP contribution in [0.2, 0.25) is 0 Å². The quantitative estimate of drug-likeness (QED) is 0.543. The molecule has 0 saturated carbocycles. The molecule has 1 unspecified atom stereocenters. The van der Waals surface area contributed by atoms with E-state index < -0.39 is 40.9 Å².